The summed E-state index contributed by atoms with van der Waals surface area (Å²) < 4.78 is 61.6. The fourth-order valence-corrected chi connectivity index (χ4v) is 5.12. The van der Waals surface area contributed by atoms with Crippen LogP contribution >= 0.6 is 22.9 Å². The number of benzene rings is 2. The Balaban J connectivity index is 1.73. The SMILES string of the molecule is CN=C(C=CN)c1nc(-c2ccc(F)cc2)ccc1Oc1cc(F)c(S(=O)(=O)Nc2cscn2)cc1Cl. The van der Waals surface area contributed by atoms with E-state index in [1.807, 2.05) is 0 Å². The molecular weight excluding hydrogens is 544 g/mol. The lowest BCUT2D eigenvalue weighted by Crippen LogP contribution is -2.15. The van der Waals surface area contributed by atoms with Crippen molar-refractivity contribution in [3.63, 3.8) is 0 Å². The van der Waals surface area contributed by atoms with Crippen LogP contribution in [0.5, 0.6) is 11.5 Å². The number of rotatable bonds is 8. The molecule has 0 bridgehead atoms. The highest BCUT2D eigenvalue weighted by Gasteiger charge is 2.24. The van der Waals surface area contributed by atoms with Crippen LogP contribution in [0.25, 0.3) is 11.3 Å². The third-order valence-electron chi connectivity index (χ3n) is 4.90. The quantitative estimate of drug-likeness (QED) is 0.269. The Morgan fingerprint density at radius 2 is 1.92 bits per heavy atom. The van der Waals surface area contributed by atoms with E-state index in [0.29, 0.717) is 17.0 Å². The third-order valence-corrected chi connectivity index (χ3v) is 7.15. The van der Waals surface area contributed by atoms with E-state index in [1.54, 1.807) is 24.3 Å². The Bertz CT molecular complexity index is 1590. The number of halogens is 3. The molecule has 2 aromatic heterocycles. The molecule has 3 N–H and O–H groups in total. The van der Waals surface area contributed by atoms with Gasteiger partial charge < -0.3 is 10.5 Å². The van der Waals surface area contributed by atoms with Crippen LogP contribution in [0.15, 0.2) is 81.6 Å². The van der Waals surface area contributed by atoms with Crippen molar-refractivity contribution in [1.82, 2.24) is 9.97 Å². The number of sulfonamides is 1. The normalized spacial score (nSPS) is 12.2. The number of anilines is 1. The number of nitrogens with two attached hydrogens (primary N) is 1. The zero-order chi connectivity index (χ0) is 26.6. The molecule has 0 aliphatic heterocycles. The number of ether oxygens (including phenoxy) is 1. The van der Waals surface area contributed by atoms with Crippen molar-refractivity contribution in [2.45, 2.75) is 4.90 Å². The minimum absolute atomic E-state index is 0.0529. The fourth-order valence-electron chi connectivity index (χ4n) is 3.21. The largest absolute Gasteiger partial charge is 0.453 e. The lowest BCUT2D eigenvalue weighted by Gasteiger charge is -2.15. The maximum absolute atomic E-state index is 14.9. The van der Waals surface area contributed by atoms with Crippen LogP contribution < -0.4 is 15.2 Å². The van der Waals surface area contributed by atoms with Crippen molar-refractivity contribution in [2.24, 2.45) is 10.7 Å². The molecule has 8 nitrogen and oxygen atoms in total. The lowest BCUT2D eigenvalue weighted by molar-refractivity contribution is 0.470. The minimum Gasteiger partial charge on any atom is -0.453 e. The molecule has 0 amide bonds. The lowest BCUT2D eigenvalue weighted by atomic mass is 10.1. The van der Waals surface area contributed by atoms with Crippen molar-refractivity contribution in [2.75, 3.05) is 11.8 Å². The molecule has 37 heavy (non-hydrogen) atoms. The molecule has 4 aromatic rings. The summed E-state index contributed by atoms with van der Waals surface area (Å²) in [5.41, 5.74) is 8.68. The Morgan fingerprint density at radius 1 is 1.16 bits per heavy atom. The highest BCUT2D eigenvalue weighted by Crippen LogP contribution is 2.36. The summed E-state index contributed by atoms with van der Waals surface area (Å²) in [5, 5.41) is 1.29. The van der Waals surface area contributed by atoms with E-state index in [9.17, 15) is 17.2 Å². The second kappa shape index (κ2) is 11.0. The van der Waals surface area contributed by atoms with Crippen molar-refractivity contribution in [1.29, 1.82) is 0 Å². The average molecular weight is 562 g/mol. The van der Waals surface area contributed by atoms with E-state index in [0.717, 1.165) is 12.1 Å². The Hall–Kier alpha value is -3.87. The first kappa shape index (κ1) is 26.2. The highest BCUT2D eigenvalue weighted by atomic mass is 35.5. The molecule has 0 atom stereocenters. The van der Waals surface area contributed by atoms with Gasteiger partial charge in [0.2, 0.25) is 0 Å². The van der Waals surface area contributed by atoms with Crippen LogP contribution in [0.4, 0.5) is 14.6 Å². The van der Waals surface area contributed by atoms with Gasteiger partial charge in [0.25, 0.3) is 10.0 Å². The predicted octanol–water partition coefficient (Wildman–Crippen LogP) is 5.62. The second-order valence-corrected chi connectivity index (χ2v) is 10.1. The molecule has 2 heterocycles. The second-order valence-electron chi connectivity index (χ2n) is 7.31. The summed E-state index contributed by atoms with van der Waals surface area (Å²) in [6.45, 7) is 0. The number of aliphatic imine (C=N–C) groups is 1. The molecule has 0 fully saturated rings. The van der Waals surface area contributed by atoms with Gasteiger partial charge in [0.15, 0.2) is 11.6 Å². The van der Waals surface area contributed by atoms with Crippen LogP contribution in [0.3, 0.4) is 0 Å². The zero-order valence-corrected chi connectivity index (χ0v) is 21.4. The maximum atomic E-state index is 14.9. The van der Waals surface area contributed by atoms with E-state index in [4.69, 9.17) is 22.1 Å². The summed E-state index contributed by atoms with van der Waals surface area (Å²) in [7, 11) is -2.78. The van der Waals surface area contributed by atoms with E-state index in [2.05, 4.69) is 19.7 Å². The van der Waals surface area contributed by atoms with Crippen molar-refractivity contribution in [3.8, 4) is 22.8 Å². The fraction of sp³-hybridized carbons (Fsp3) is 0.0417. The van der Waals surface area contributed by atoms with Gasteiger partial charge >= 0.3 is 0 Å². The van der Waals surface area contributed by atoms with E-state index in [1.165, 1.54) is 53.7 Å². The number of pyridine rings is 1. The molecule has 0 radical (unpaired) electrons. The number of nitrogens with one attached hydrogen (secondary N) is 1. The van der Waals surface area contributed by atoms with Crippen LogP contribution in [-0.2, 0) is 10.0 Å². The van der Waals surface area contributed by atoms with Crippen LogP contribution in [-0.4, -0.2) is 31.1 Å². The van der Waals surface area contributed by atoms with E-state index in [-0.39, 0.29) is 28.0 Å². The Kier molecular flexibility index (Phi) is 7.81. The number of aromatic nitrogens is 2. The summed E-state index contributed by atoms with van der Waals surface area (Å²) in [4.78, 5) is 11.9. The van der Waals surface area contributed by atoms with Gasteiger partial charge in [-0.2, -0.15) is 0 Å². The Morgan fingerprint density at radius 3 is 2.57 bits per heavy atom. The number of allylic oxidation sites excluding steroid dienone is 1. The molecule has 2 aromatic carbocycles. The topological polar surface area (TPSA) is 120 Å². The number of thiazole rings is 1. The van der Waals surface area contributed by atoms with Gasteiger partial charge in [0.05, 0.1) is 21.9 Å². The van der Waals surface area contributed by atoms with E-state index >= 15 is 0 Å². The zero-order valence-electron chi connectivity index (χ0n) is 19.0. The molecule has 190 valence electrons. The van der Waals surface area contributed by atoms with Crippen LogP contribution in [0, 0.1) is 11.6 Å². The van der Waals surface area contributed by atoms with Gasteiger partial charge in [-0.25, -0.2) is 27.2 Å². The van der Waals surface area contributed by atoms with Gasteiger partial charge in [-0.1, -0.05) is 11.6 Å². The monoisotopic (exact) mass is 561 g/mol. The van der Waals surface area contributed by atoms with Gasteiger partial charge in [-0.3, -0.25) is 9.71 Å². The summed E-state index contributed by atoms with van der Waals surface area (Å²) in [6, 6.07) is 10.7. The van der Waals surface area contributed by atoms with Crippen LogP contribution in [0.1, 0.15) is 5.69 Å². The highest BCUT2D eigenvalue weighted by molar-refractivity contribution is 7.92. The van der Waals surface area contributed by atoms with E-state index < -0.39 is 26.6 Å². The minimum atomic E-state index is -4.30. The summed E-state index contributed by atoms with van der Waals surface area (Å²) in [6.07, 6.45) is 2.76. The molecule has 4 rings (SSSR count). The molecule has 0 unspecified atom stereocenters. The summed E-state index contributed by atoms with van der Waals surface area (Å²) in [5.74, 6) is -1.45. The molecule has 13 heteroatoms. The standard InChI is InChI=1S/C24H18ClF2N5O3S2/c1-29-19(8-9-28)24-20(7-6-18(31-24)14-2-4-15(26)5-3-14)35-21-11-17(27)22(10-16(21)25)37(33,34)32-23-12-36-13-30-23/h2-13,32H,28H2,1H3. The Labute approximate surface area is 220 Å². The van der Waals surface area contributed by atoms with Gasteiger partial charge in [0.1, 0.15) is 28.0 Å². The molecule has 0 aliphatic carbocycles. The molecule has 0 aliphatic rings. The van der Waals surface area contributed by atoms with Crippen molar-refractivity contribution < 1.29 is 21.9 Å². The average Bonchev–Trinajstić information content (AvgIpc) is 3.37. The maximum Gasteiger partial charge on any atom is 0.266 e. The number of hydrogen-bond donors (Lipinski definition) is 2. The molecule has 0 saturated carbocycles. The van der Waals surface area contributed by atoms with Crippen LogP contribution in [0.2, 0.25) is 5.02 Å². The smallest absolute Gasteiger partial charge is 0.266 e. The first-order valence-corrected chi connectivity index (χ1v) is 13.2. The van der Waals surface area contributed by atoms with Crippen molar-refractivity contribution in [3.05, 3.63) is 94.0 Å². The molecule has 0 saturated heterocycles. The summed E-state index contributed by atoms with van der Waals surface area (Å²) >= 11 is 7.46. The molecule has 0 spiro atoms. The predicted molar refractivity (Wildman–Crippen MR) is 140 cm³/mol. The van der Waals surface area contributed by atoms with Gasteiger partial charge in [0, 0.05) is 24.1 Å². The number of nitrogens with zero attached hydrogens (tertiary/aromatic N) is 3. The van der Waals surface area contributed by atoms with Gasteiger partial charge in [-0.15, -0.1) is 11.3 Å². The van der Waals surface area contributed by atoms with Gasteiger partial charge in [-0.05, 0) is 54.7 Å². The number of hydrogen-bond acceptors (Lipinski definition) is 8. The first-order chi connectivity index (χ1) is 17.7. The first-order valence-electron chi connectivity index (χ1n) is 10.4. The third kappa shape index (κ3) is 5.93. The molecular formula is C24H18ClF2N5O3S2. The van der Waals surface area contributed by atoms with Crippen molar-refractivity contribution >= 4 is 44.5 Å².